The second kappa shape index (κ2) is 13.2. The van der Waals surface area contributed by atoms with E-state index in [-0.39, 0.29) is 18.0 Å². The van der Waals surface area contributed by atoms with Crippen molar-refractivity contribution in [3.63, 3.8) is 0 Å². The summed E-state index contributed by atoms with van der Waals surface area (Å²) in [5.41, 5.74) is 6.91. The van der Waals surface area contributed by atoms with Crippen LogP contribution in [-0.2, 0) is 20.9 Å². The molecule has 0 saturated carbocycles. The van der Waals surface area contributed by atoms with Crippen LogP contribution in [-0.4, -0.2) is 56.1 Å². The van der Waals surface area contributed by atoms with Gasteiger partial charge in [0, 0.05) is 30.6 Å². The van der Waals surface area contributed by atoms with Crippen LogP contribution in [0.25, 0.3) is 11.1 Å². The highest BCUT2D eigenvalue weighted by atomic mass is 19.4. The second-order valence-corrected chi connectivity index (χ2v) is 10.1. The van der Waals surface area contributed by atoms with Gasteiger partial charge >= 0.3 is 18.1 Å². The molecule has 8 nitrogen and oxygen atoms in total. The minimum Gasteiger partial charge on any atom is -0.492 e. The van der Waals surface area contributed by atoms with Crippen molar-refractivity contribution < 1.29 is 46.8 Å². The first kappa shape index (κ1) is 30.7. The standard InChI is InChI=1S/C29H31NO5.C2HF3O2/c1-18-9-24(35-25-14-30-15-25)10-19(2)29(18)21-6-4-5-20(11-21)16-33-23-7-8-26-22(12-28(31)32-3)17-34-27(26)13-23;3-2(4,5)1(6)7/h4-11,13,22,25,30H,12,14-17H2,1-3H3;(H,6,7)/t22-;/m1./s1. The van der Waals surface area contributed by atoms with Crippen LogP contribution < -0.4 is 19.5 Å². The number of methoxy groups -OCH3 is 1. The maximum absolute atomic E-state index is 11.6. The highest BCUT2D eigenvalue weighted by Gasteiger charge is 2.38. The van der Waals surface area contributed by atoms with Crippen LogP contribution in [0.1, 0.15) is 34.6 Å². The number of carbonyl (C=O) groups excluding carboxylic acids is 1. The molecular formula is C31H32F3NO7. The maximum Gasteiger partial charge on any atom is 0.490 e. The number of halogens is 3. The third-order valence-corrected chi connectivity index (χ3v) is 6.92. The number of hydrogen-bond donors (Lipinski definition) is 2. The summed E-state index contributed by atoms with van der Waals surface area (Å²) in [5, 5.41) is 10.4. The van der Waals surface area contributed by atoms with E-state index < -0.39 is 12.1 Å². The topological polar surface area (TPSA) is 103 Å². The lowest BCUT2D eigenvalue weighted by Crippen LogP contribution is -2.50. The van der Waals surface area contributed by atoms with Gasteiger partial charge < -0.3 is 29.4 Å². The predicted octanol–water partition coefficient (Wildman–Crippen LogP) is 5.57. The lowest BCUT2D eigenvalue weighted by atomic mass is 9.94. The Bertz CT molecular complexity index is 1410. The van der Waals surface area contributed by atoms with Crippen LogP contribution in [0.15, 0.2) is 54.6 Å². The Kier molecular flexibility index (Phi) is 9.62. The number of aryl methyl sites for hydroxylation is 2. The molecule has 1 saturated heterocycles. The Labute approximate surface area is 241 Å². The molecule has 2 heterocycles. The van der Waals surface area contributed by atoms with Gasteiger partial charge in [-0.2, -0.15) is 13.2 Å². The molecule has 5 rings (SSSR count). The minimum atomic E-state index is -5.08. The van der Waals surface area contributed by atoms with E-state index in [0.29, 0.717) is 19.6 Å². The molecule has 2 aliphatic rings. The monoisotopic (exact) mass is 587 g/mol. The second-order valence-electron chi connectivity index (χ2n) is 10.1. The molecule has 224 valence electrons. The summed E-state index contributed by atoms with van der Waals surface area (Å²) in [6, 6.07) is 18.5. The number of ether oxygens (including phenoxy) is 4. The average molecular weight is 588 g/mol. The quantitative estimate of drug-likeness (QED) is 0.330. The number of esters is 1. The lowest BCUT2D eigenvalue weighted by Gasteiger charge is -2.28. The first-order chi connectivity index (χ1) is 19.9. The van der Waals surface area contributed by atoms with Gasteiger partial charge in [-0.25, -0.2) is 4.79 Å². The van der Waals surface area contributed by atoms with Gasteiger partial charge in [0.15, 0.2) is 0 Å². The largest absolute Gasteiger partial charge is 0.492 e. The molecule has 0 unspecified atom stereocenters. The zero-order valence-corrected chi connectivity index (χ0v) is 23.4. The van der Waals surface area contributed by atoms with Gasteiger partial charge in [-0.1, -0.05) is 24.3 Å². The van der Waals surface area contributed by atoms with E-state index in [2.05, 4.69) is 55.6 Å². The van der Waals surface area contributed by atoms with Crippen molar-refractivity contribution in [1.82, 2.24) is 5.32 Å². The minimum absolute atomic E-state index is 0.0248. The summed E-state index contributed by atoms with van der Waals surface area (Å²) in [5.74, 6) is -0.509. The van der Waals surface area contributed by atoms with Gasteiger partial charge in [0.1, 0.15) is 30.0 Å². The molecule has 1 fully saturated rings. The summed E-state index contributed by atoms with van der Waals surface area (Å²) in [4.78, 5) is 20.5. The van der Waals surface area contributed by atoms with E-state index in [1.807, 2.05) is 18.2 Å². The molecule has 0 amide bonds. The van der Waals surface area contributed by atoms with Gasteiger partial charge in [0.2, 0.25) is 0 Å². The number of fused-ring (bicyclic) bond motifs is 1. The van der Waals surface area contributed by atoms with Gasteiger partial charge in [-0.05, 0) is 65.9 Å². The Hall–Kier alpha value is -4.25. The first-order valence-corrected chi connectivity index (χ1v) is 13.3. The van der Waals surface area contributed by atoms with E-state index in [0.717, 1.165) is 41.5 Å². The molecule has 0 spiro atoms. The van der Waals surface area contributed by atoms with Crippen LogP contribution >= 0.6 is 0 Å². The number of nitrogens with one attached hydrogen (secondary N) is 1. The molecule has 11 heteroatoms. The molecule has 0 aliphatic carbocycles. The Morgan fingerprint density at radius 2 is 1.71 bits per heavy atom. The van der Waals surface area contributed by atoms with Crippen molar-refractivity contribution in [2.45, 2.75) is 45.1 Å². The van der Waals surface area contributed by atoms with Crippen molar-refractivity contribution in [2.24, 2.45) is 0 Å². The fourth-order valence-corrected chi connectivity index (χ4v) is 4.77. The van der Waals surface area contributed by atoms with Crippen LogP contribution in [0.5, 0.6) is 17.2 Å². The summed E-state index contributed by atoms with van der Waals surface area (Å²) in [6.45, 7) is 7.02. The van der Waals surface area contributed by atoms with Gasteiger partial charge in [0.25, 0.3) is 0 Å². The number of hydrogen-bond acceptors (Lipinski definition) is 7. The molecule has 2 aliphatic heterocycles. The predicted molar refractivity (Wildman–Crippen MR) is 148 cm³/mol. The van der Waals surface area contributed by atoms with Crippen LogP contribution in [0.4, 0.5) is 13.2 Å². The van der Waals surface area contributed by atoms with Crippen molar-refractivity contribution >= 4 is 11.9 Å². The number of alkyl halides is 3. The molecule has 3 aromatic rings. The summed E-state index contributed by atoms with van der Waals surface area (Å²) >= 11 is 0. The number of aliphatic carboxylic acids is 1. The summed E-state index contributed by atoms with van der Waals surface area (Å²) < 4.78 is 54.5. The SMILES string of the molecule is COC(=O)C[C@@H]1COc2cc(OCc3cccc(-c4c(C)cc(OC5CNC5)cc4C)c3)ccc21.O=C(O)C(F)(F)F. The summed E-state index contributed by atoms with van der Waals surface area (Å²) in [7, 11) is 1.41. The van der Waals surface area contributed by atoms with Crippen LogP contribution in [0.2, 0.25) is 0 Å². The smallest absolute Gasteiger partial charge is 0.490 e. The van der Waals surface area contributed by atoms with Crippen LogP contribution in [0.3, 0.4) is 0 Å². The zero-order chi connectivity index (χ0) is 30.4. The Morgan fingerprint density at radius 1 is 1.02 bits per heavy atom. The van der Waals surface area contributed by atoms with E-state index in [1.165, 1.54) is 29.4 Å². The van der Waals surface area contributed by atoms with Crippen molar-refractivity contribution in [2.75, 3.05) is 26.8 Å². The number of rotatable bonds is 8. The molecule has 0 aromatic heterocycles. The van der Waals surface area contributed by atoms with E-state index in [9.17, 15) is 18.0 Å². The first-order valence-electron chi connectivity index (χ1n) is 13.3. The molecule has 42 heavy (non-hydrogen) atoms. The normalized spacial score (nSPS) is 15.8. The molecular weight excluding hydrogens is 555 g/mol. The molecule has 1 atom stereocenters. The molecule has 0 radical (unpaired) electrons. The Morgan fingerprint density at radius 3 is 2.31 bits per heavy atom. The number of benzene rings is 3. The zero-order valence-electron chi connectivity index (χ0n) is 23.4. The fourth-order valence-electron chi connectivity index (χ4n) is 4.77. The molecule has 2 N–H and O–H groups in total. The van der Waals surface area contributed by atoms with Gasteiger partial charge in [-0.3, -0.25) is 4.79 Å². The van der Waals surface area contributed by atoms with Crippen molar-refractivity contribution in [3.8, 4) is 28.4 Å². The third kappa shape index (κ3) is 7.73. The summed E-state index contributed by atoms with van der Waals surface area (Å²) in [6.07, 6.45) is -4.50. The average Bonchev–Trinajstić information content (AvgIpc) is 3.31. The van der Waals surface area contributed by atoms with Gasteiger partial charge in [0.05, 0.1) is 20.1 Å². The van der Waals surface area contributed by atoms with E-state index >= 15 is 0 Å². The molecule has 0 bridgehead atoms. The van der Waals surface area contributed by atoms with Crippen molar-refractivity contribution in [1.29, 1.82) is 0 Å². The van der Waals surface area contributed by atoms with E-state index in [4.69, 9.17) is 28.8 Å². The highest BCUT2D eigenvalue weighted by Crippen LogP contribution is 2.39. The number of carboxylic acids is 1. The number of carboxylic acid groups (broad SMARTS) is 1. The Balaban J connectivity index is 0.000000517. The fraction of sp³-hybridized carbons (Fsp3) is 0.355. The number of carbonyl (C=O) groups is 2. The van der Waals surface area contributed by atoms with Gasteiger partial charge in [-0.15, -0.1) is 0 Å². The van der Waals surface area contributed by atoms with Crippen molar-refractivity contribution in [3.05, 3.63) is 76.9 Å². The van der Waals surface area contributed by atoms with E-state index in [1.54, 1.807) is 0 Å². The highest BCUT2D eigenvalue weighted by molar-refractivity contribution is 5.73. The lowest BCUT2D eigenvalue weighted by molar-refractivity contribution is -0.192. The van der Waals surface area contributed by atoms with Crippen LogP contribution in [0, 0.1) is 13.8 Å². The molecule has 3 aromatic carbocycles. The maximum atomic E-state index is 11.6. The third-order valence-electron chi connectivity index (χ3n) is 6.92.